The number of fused-ring (bicyclic) bond motifs is 2. The molecule has 0 radical (unpaired) electrons. The zero-order valence-electron chi connectivity index (χ0n) is 16.9. The third-order valence-corrected chi connectivity index (χ3v) is 5.34. The van der Waals surface area contributed by atoms with E-state index in [1.807, 2.05) is 41.1 Å². The first kappa shape index (κ1) is 19.7. The van der Waals surface area contributed by atoms with Gasteiger partial charge in [-0.05, 0) is 53.4 Å². The van der Waals surface area contributed by atoms with E-state index in [0.29, 0.717) is 34.9 Å². The number of nitrogens with zero attached hydrogens (tertiary/aromatic N) is 1. The van der Waals surface area contributed by atoms with Crippen molar-refractivity contribution in [2.75, 3.05) is 12.1 Å². The number of anilines is 1. The molecule has 1 aliphatic rings. The van der Waals surface area contributed by atoms with Crippen LogP contribution in [0.4, 0.5) is 5.69 Å². The summed E-state index contributed by atoms with van der Waals surface area (Å²) in [6.07, 6.45) is 1.96. The molecule has 4 aromatic rings. The normalized spacial score (nSPS) is 12.0. The molecule has 32 heavy (non-hydrogen) atoms. The van der Waals surface area contributed by atoms with Gasteiger partial charge in [0, 0.05) is 41.1 Å². The summed E-state index contributed by atoms with van der Waals surface area (Å²) in [7, 11) is 0. The van der Waals surface area contributed by atoms with Crippen LogP contribution in [0.2, 0.25) is 0 Å². The second-order valence-electron chi connectivity index (χ2n) is 7.38. The van der Waals surface area contributed by atoms with Gasteiger partial charge in [-0.15, -0.1) is 0 Å². The summed E-state index contributed by atoms with van der Waals surface area (Å²) >= 11 is 0. The largest absolute Gasteiger partial charge is 0.454 e. The van der Waals surface area contributed by atoms with Crippen LogP contribution in [0.25, 0.3) is 10.9 Å². The quantitative estimate of drug-likeness (QED) is 0.331. The van der Waals surface area contributed by atoms with Crippen molar-refractivity contribution in [2.24, 2.45) is 0 Å². The van der Waals surface area contributed by atoms with E-state index in [0.717, 1.165) is 16.5 Å². The summed E-state index contributed by atoms with van der Waals surface area (Å²) in [6, 6.07) is 19.8. The fourth-order valence-corrected chi connectivity index (χ4v) is 3.66. The number of hydrogen-bond acceptors (Lipinski definition) is 5. The Bertz CT molecular complexity index is 1330. The van der Waals surface area contributed by atoms with Crippen molar-refractivity contribution < 1.29 is 24.3 Å². The smallest absolute Gasteiger partial charge is 0.274 e. The Balaban J connectivity index is 1.36. The van der Waals surface area contributed by atoms with Crippen molar-refractivity contribution >= 4 is 28.4 Å². The van der Waals surface area contributed by atoms with E-state index in [-0.39, 0.29) is 12.7 Å². The number of aromatic nitrogens is 1. The molecular weight excluding hydrogens is 410 g/mol. The van der Waals surface area contributed by atoms with Crippen molar-refractivity contribution in [2.45, 2.75) is 6.54 Å². The van der Waals surface area contributed by atoms with Gasteiger partial charge in [0.05, 0.1) is 0 Å². The fraction of sp³-hybridized carbons (Fsp3) is 0.0833. The Labute approximate surface area is 182 Å². The van der Waals surface area contributed by atoms with Gasteiger partial charge >= 0.3 is 0 Å². The van der Waals surface area contributed by atoms with E-state index in [2.05, 4.69) is 5.32 Å². The number of amides is 2. The molecule has 0 atom stereocenters. The van der Waals surface area contributed by atoms with Gasteiger partial charge in [0.15, 0.2) is 11.5 Å². The number of carbonyl (C=O) groups is 2. The summed E-state index contributed by atoms with van der Waals surface area (Å²) in [5.74, 6) is 0.487. The van der Waals surface area contributed by atoms with Crippen LogP contribution in [0.5, 0.6) is 11.5 Å². The molecular formula is C24H19N3O5. The number of benzene rings is 3. The van der Waals surface area contributed by atoms with Gasteiger partial charge in [-0.1, -0.05) is 18.2 Å². The first-order valence-corrected chi connectivity index (χ1v) is 9.94. The lowest BCUT2D eigenvalue weighted by Gasteiger charge is -2.09. The van der Waals surface area contributed by atoms with Crippen LogP contribution in [0, 0.1) is 0 Å². The van der Waals surface area contributed by atoms with Gasteiger partial charge in [0.1, 0.15) is 0 Å². The molecule has 0 fully saturated rings. The average molecular weight is 429 g/mol. The molecule has 0 aliphatic carbocycles. The highest BCUT2D eigenvalue weighted by molar-refractivity contribution is 6.06. The molecule has 5 rings (SSSR count). The summed E-state index contributed by atoms with van der Waals surface area (Å²) in [4.78, 5) is 24.3. The maximum Gasteiger partial charge on any atom is 0.274 e. The Morgan fingerprint density at radius 3 is 2.47 bits per heavy atom. The molecule has 0 saturated carbocycles. The standard InChI is InChI=1S/C24H19N3O5/c28-23(25-19-7-8-21-22(12-19)32-14-31-21)18-6-5-16-9-10-27(20(16)11-18)13-15-1-3-17(4-2-15)24(29)26-30/h1-12,30H,13-14H2,(H,25,28)(H,26,29). The zero-order chi connectivity index (χ0) is 22.1. The molecule has 0 unspecified atom stereocenters. The number of hydroxylamine groups is 1. The first-order valence-electron chi connectivity index (χ1n) is 9.94. The minimum absolute atomic E-state index is 0.178. The lowest BCUT2D eigenvalue weighted by atomic mass is 10.1. The topological polar surface area (TPSA) is 102 Å². The van der Waals surface area contributed by atoms with Crippen LogP contribution in [0.1, 0.15) is 26.3 Å². The van der Waals surface area contributed by atoms with Crippen molar-refractivity contribution in [1.29, 1.82) is 0 Å². The minimum atomic E-state index is -0.555. The monoisotopic (exact) mass is 429 g/mol. The molecule has 0 spiro atoms. The molecule has 0 saturated heterocycles. The lowest BCUT2D eigenvalue weighted by molar-refractivity contribution is 0.0706. The van der Waals surface area contributed by atoms with Crippen LogP contribution in [0.3, 0.4) is 0 Å². The Morgan fingerprint density at radius 2 is 1.66 bits per heavy atom. The van der Waals surface area contributed by atoms with Gasteiger partial charge in [0.2, 0.25) is 6.79 Å². The van der Waals surface area contributed by atoms with Gasteiger partial charge in [-0.25, -0.2) is 5.48 Å². The highest BCUT2D eigenvalue weighted by Gasteiger charge is 2.15. The van der Waals surface area contributed by atoms with Crippen LogP contribution >= 0.6 is 0 Å². The summed E-state index contributed by atoms with van der Waals surface area (Å²) in [5, 5.41) is 12.6. The lowest BCUT2D eigenvalue weighted by Crippen LogP contribution is -2.18. The predicted octanol–water partition coefficient (Wildman–Crippen LogP) is 3.79. The minimum Gasteiger partial charge on any atom is -0.454 e. The first-order chi connectivity index (χ1) is 15.6. The fourth-order valence-electron chi connectivity index (χ4n) is 3.66. The number of carbonyl (C=O) groups excluding carboxylic acids is 2. The second kappa shape index (κ2) is 8.09. The highest BCUT2D eigenvalue weighted by Crippen LogP contribution is 2.34. The van der Waals surface area contributed by atoms with E-state index >= 15 is 0 Å². The molecule has 2 heterocycles. The SMILES string of the molecule is O=C(NO)c1ccc(Cn2ccc3ccc(C(=O)Nc4ccc5c(c4)OCO5)cc32)cc1. The van der Waals surface area contributed by atoms with Crippen molar-refractivity contribution in [1.82, 2.24) is 10.0 Å². The van der Waals surface area contributed by atoms with Crippen molar-refractivity contribution in [3.63, 3.8) is 0 Å². The number of rotatable bonds is 5. The Morgan fingerprint density at radius 1 is 0.875 bits per heavy atom. The molecule has 1 aromatic heterocycles. The number of hydrogen-bond donors (Lipinski definition) is 3. The van der Waals surface area contributed by atoms with E-state index in [1.54, 1.807) is 41.9 Å². The van der Waals surface area contributed by atoms with Gasteiger partial charge < -0.3 is 19.4 Å². The Hall–Kier alpha value is -4.30. The molecule has 1 aliphatic heterocycles. The highest BCUT2D eigenvalue weighted by atomic mass is 16.7. The second-order valence-corrected chi connectivity index (χ2v) is 7.38. The number of nitrogens with one attached hydrogen (secondary N) is 2. The maximum atomic E-state index is 12.8. The molecule has 2 amide bonds. The molecule has 3 aromatic carbocycles. The van der Waals surface area contributed by atoms with Crippen molar-refractivity contribution in [3.8, 4) is 11.5 Å². The molecule has 3 N–H and O–H groups in total. The van der Waals surface area contributed by atoms with E-state index in [9.17, 15) is 9.59 Å². The molecule has 160 valence electrons. The molecule has 8 heteroatoms. The maximum absolute atomic E-state index is 12.8. The van der Waals surface area contributed by atoms with Crippen LogP contribution in [-0.4, -0.2) is 28.4 Å². The van der Waals surface area contributed by atoms with E-state index in [1.165, 1.54) is 0 Å². The summed E-state index contributed by atoms with van der Waals surface area (Å²) in [6.45, 7) is 0.746. The van der Waals surface area contributed by atoms with Crippen LogP contribution in [-0.2, 0) is 6.54 Å². The van der Waals surface area contributed by atoms with Gasteiger partial charge in [-0.2, -0.15) is 0 Å². The molecule has 0 bridgehead atoms. The molecule has 8 nitrogen and oxygen atoms in total. The van der Waals surface area contributed by atoms with Crippen LogP contribution in [0.15, 0.2) is 72.9 Å². The van der Waals surface area contributed by atoms with Gasteiger partial charge in [-0.3, -0.25) is 14.8 Å². The summed E-state index contributed by atoms with van der Waals surface area (Å²) < 4.78 is 12.7. The van der Waals surface area contributed by atoms with Crippen LogP contribution < -0.4 is 20.3 Å². The van der Waals surface area contributed by atoms with E-state index < -0.39 is 5.91 Å². The van der Waals surface area contributed by atoms with Crippen molar-refractivity contribution in [3.05, 3.63) is 89.6 Å². The Kier molecular flexibility index (Phi) is 4.97. The summed E-state index contributed by atoms with van der Waals surface area (Å²) in [5.41, 5.74) is 5.05. The average Bonchev–Trinajstić information content (AvgIpc) is 3.45. The third-order valence-electron chi connectivity index (χ3n) is 5.34. The van der Waals surface area contributed by atoms with Gasteiger partial charge in [0.25, 0.3) is 11.8 Å². The predicted molar refractivity (Wildman–Crippen MR) is 117 cm³/mol. The zero-order valence-corrected chi connectivity index (χ0v) is 16.9. The third kappa shape index (κ3) is 3.75. The number of ether oxygens (including phenoxy) is 2. The van der Waals surface area contributed by atoms with E-state index in [4.69, 9.17) is 14.7 Å².